The third-order valence-electron chi connectivity index (χ3n) is 15.7. The Bertz CT molecular complexity index is 2870. The maximum absolute atomic E-state index is 2.68. The molecule has 4 heteroatoms. The lowest BCUT2D eigenvalue weighted by molar-refractivity contribution is 0.836. The molecule has 0 amide bonds. The van der Waals surface area contributed by atoms with Gasteiger partial charge in [-0.3, -0.25) is 0 Å². The van der Waals surface area contributed by atoms with E-state index in [-0.39, 0.29) is 6.71 Å². The number of hydrogen-bond acceptors (Lipinski definition) is 3. The van der Waals surface area contributed by atoms with E-state index in [0.29, 0.717) is 0 Å². The highest BCUT2D eigenvalue weighted by atomic mass is 15.2. The number of fused-ring (bicyclic) bond motifs is 10. The van der Waals surface area contributed by atoms with Gasteiger partial charge in [0.05, 0.1) is 5.69 Å². The molecule has 0 radical (unpaired) electrons. The van der Waals surface area contributed by atoms with Crippen molar-refractivity contribution < 1.29 is 0 Å². The molecule has 3 nitrogen and oxygen atoms in total. The van der Waals surface area contributed by atoms with Gasteiger partial charge in [0.25, 0.3) is 6.71 Å². The molecule has 0 aromatic heterocycles. The van der Waals surface area contributed by atoms with Gasteiger partial charge in [-0.2, -0.15) is 0 Å². The number of aryl methyl sites for hydroxylation is 12. The maximum Gasteiger partial charge on any atom is 0.252 e. The van der Waals surface area contributed by atoms with E-state index >= 15 is 0 Å². The van der Waals surface area contributed by atoms with Crippen LogP contribution in [0, 0.1) is 0 Å². The van der Waals surface area contributed by atoms with Gasteiger partial charge in [-0.1, -0.05) is 36.4 Å². The molecule has 2 aliphatic heterocycles. The Labute approximate surface area is 340 Å². The molecule has 0 bridgehead atoms. The summed E-state index contributed by atoms with van der Waals surface area (Å²) in [4.78, 5) is 7.96. The lowest BCUT2D eigenvalue weighted by atomic mass is 9.33. The molecule has 0 atom stereocenters. The smallest absolute Gasteiger partial charge is 0.252 e. The van der Waals surface area contributed by atoms with Crippen molar-refractivity contribution in [1.29, 1.82) is 0 Å². The van der Waals surface area contributed by atoms with Gasteiger partial charge in [-0.15, -0.1) is 0 Å². The molecule has 0 fully saturated rings. The Morgan fingerprint density at radius 2 is 0.672 bits per heavy atom. The van der Waals surface area contributed by atoms with Gasteiger partial charge in [-0.25, -0.2) is 0 Å². The molecule has 0 saturated carbocycles. The van der Waals surface area contributed by atoms with Crippen LogP contribution in [0.2, 0.25) is 0 Å². The van der Waals surface area contributed by atoms with E-state index in [1.807, 2.05) is 0 Å². The average Bonchev–Trinajstić information content (AvgIpc) is 3.16. The fourth-order valence-corrected chi connectivity index (χ4v) is 11.8. The van der Waals surface area contributed by atoms with Gasteiger partial charge in [0.1, 0.15) is 0 Å². The lowest BCUT2D eigenvalue weighted by Gasteiger charge is -2.46. The molecule has 0 spiro atoms. The summed E-state index contributed by atoms with van der Waals surface area (Å²) >= 11 is 0. The molecule has 7 aromatic rings. The Balaban J connectivity index is 1.06. The second-order valence-electron chi connectivity index (χ2n) is 18.5. The first-order valence-electron chi connectivity index (χ1n) is 22.0. The SMILES string of the molecule is c1cc2c(cc1N(c1ccc3c(c1)CC3)c1cc3c4c(c1)N(c1ccc5c(c1)CC5)c1cc5c(cc1B4c1cc4c(cc1N3c1ccc3c(c1)CC3)CC4)CC5)CC2. The quantitative estimate of drug-likeness (QED) is 0.163. The molecule has 0 saturated heterocycles. The molecule has 276 valence electrons. The molecular formula is C54H42BN3. The summed E-state index contributed by atoms with van der Waals surface area (Å²) in [7, 11) is 0. The van der Waals surface area contributed by atoms with Gasteiger partial charge >= 0.3 is 0 Å². The van der Waals surface area contributed by atoms with Crippen molar-refractivity contribution in [2.75, 3.05) is 14.7 Å². The van der Waals surface area contributed by atoms with Crippen LogP contribution in [-0.2, 0) is 77.0 Å². The highest BCUT2D eigenvalue weighted by molar-refractivity contribution is 7.00. The average molecular weight is 744 g/mol. The van der Waals surface area contributed by atoms with Gasteiger partial charge in [-0.05, 0) is 233 Å². The van der Waals surface area contributed by atoms with Crippen LogP contribution in [-0.4, -0.2) is 6.71 Å². The van der Waals surface area contributed by atoms with Crippen LogP contribution >= 0.6 is 0 Å². The normalized spacial score (nSPS) is 17.1. The summed E-state index contributed by atoms with van der Waals surface area (Å²) in [6.07, 6.45) is 14.1. The predicted octanol–water partition coefficient (Wildman–Crippen LogP) is 9.83. The van der Waals surface area contributed by atoms with Crippen LogP contribution in [0.4, 0.5) is 51.2 Å². The van der Waals surface area contributed by atoms with Crippen LogP contribution in [0.25, 0.3) is 0 Å². The third kappa shape index (κ3) is 4.06. The highest BCUT2D eigenvalue weighted by Crippen LogP contribution is 2.51. The molecule has 58 heavy (non-hydrogen) atoms. The second kappa shape index (κ2) is 10.9. The topological polar surface area (TPSA) is 9.72 Å². The summed E-state index contributed by atoms with van der Waals surface area (Å²) in [6, 6.07) is 44.8. The van der Waals surface area contributed by atoms with Crippen LogP contribution in [0.15, 0.2) is 109 Å². The van der Waals surface area contributed by atoms with Crippen molar-refractivity contribution in [2.24, 2.45) is 0 Å². The van der Waals surface area contributed by atoms with Gasteiger partial charge < -0.3 is 14.7 Å². The Hall–Kier alpha value is -6.00. The summed E-state index contributed by atoms with van der Waals surface area (Å²) in [5.41, 5.74) is 34.3. The third-order valence-corrected chi connectivity index (χ3v) is 15.7. The van der Waals surface area contributed by atoms with Gasteiger partial charge in [0, 0.05) is 45.5 Å². The minimum Gasteiger partial charge on any atom is -0.311 e. The van der Waals surface area contributed by atoms with Crippen molar-refractivity contribution in [3.8, 4) is 0 Å². The monoisotopic (exact) mass is 743 g/mol. The summed E-state index contributed by atoms with van der Waals surface area (Å²) in [6.45, 7) is 0.160. The van der Waals surface area contributed by atoms with Gasteiger partial charge in [0.2, 0.25) is 0 Å². The number of anilines is 9. The van der Waals surface area contributed by atoms with Gasteiger partial charge in [0.15, 0.2) is 0 Å². The summed E-state index contributed by atoms with van der Waals surface area (Å²) < 4.78 is 0. The molecule has 0 N–H and O–H groups in total. The standard InChI is InChI=1S/C54H42BN3/c1-5-35-21-43(17-13-31(1)35)56(44-18-14-32-2-6-36(32)22-44)47-29-52-54-53(30-47)58(46-20-16-34-4-8-38(34)24-46)51-28-42-12-10-40(42)26-49(51)55(54)48-25-39-9-11-41(39)27-50(48)57(52)45-19-15-33-3-7-37(33)23-45/h13-30H,1-12H2. The number of hydrogen-bond donors (Lipinski definition) is 0. The number of nitrogens with zero attached hydrogens (tertiary/aromatic N) is 3. The fraction of sp³-hybridized carbons (Fsp3) is 0.222. The molecule has 0 unspecified atom stereocenters. The Morgan fingerprint density at radius 1 is 0.310 bits per heavy atom. The number of rotatable bonds is 5. The first-order valence-corrected chi connectivity index (χ1v) is 22.0. The minimum absolute atomic E-state index is 0.160. The molecule has 2 heterocycles. The lowest BCUT2D eigenvalue weighted by Crippen LogP contribution is -2.62. The largest absolute Gasteiger partial charge is 0.311 e. The Kier molecular flexibility index (Phi) is 5.85. The van der Waals surface area contributed by atoms with Crippen LogP contribution in [0.5, 0.6) is 0 Å². The van der Waals surface area contributed by atoms with Crippen molar-refractivity contribution in [1.82, 2.24) is 0 Å². The molecule has 15 rings (SSSR count). The minimum atomic E-state index is 0.160. The van der Waals surface area contributed by atoms with Crippen LogP contribution in [0.1, 0.15) is 66.8 Å². The first-order chi connectivity index (χ1) is 28.7. The van der Waals surface area contributed by atoms with Crippen molar-refractivity contribution in [2.45, 2.75) is 77.0 Å². The zero-order chi connectivity index (χ0) is 37.4. The maximum atomic E-state index is 2.68. The van der Waals surface area contributed by atoms with Crippen LogP contribution < -0.4 is 31.1 Å². The molecule has 8 aliphatic rings. The van der Waals surface area contributed by atoms with E-state index in [2.05, 4.69) is 124 Å². The molecule has 7 aromatic carbocycles. The van der Waals surface area contributed by atoms with Crippen molar-refractivity contribution in [3.63, 3.8) is 0 Å². The van der Waals surface area contributed by atoms with E-state index in [1.54, 1.807) is 11.1 Å². The Morgan fingerprint density at radius 3 is 1.05 bits per heavy atom. The number of benzene rings is 7. The predicted molar refractivity (Wildman–Crippen MR) is 240 cm³/mol. The zero-order valence-corrected chi connectivity index (χ0v) is 32.8. The molecule has 6 aliphatic carbocycles. The van der Waals surface area contributed by atoms with E-state index < -0.39 is 0 Å². The van der Waals surface area contributed by atoms with Crippen LogP contribution in [0.3, 0.4) is 0 Å². The van der Waals surface area contributed by atoms with Crippen molar-refractivity contribution in [3.05, 3.63) is 176 Å². The molecular weight excluding hydrogens is 701 g/mol. The van der Waals surface area contributed by atoms with E-state index in [1.165, 1.54) is 200 Å². The summed E-state index contributed by atoms with van der Waals surface area (Å²) in [5.74, 6) is 0. The van der Waals surface area contributed by atoms with E-state index in [0.717, 1.165) is 0 Å². The van der Waals surface area contributed by atoms with E-state index in [9.17, 15) is 0 Å². The highest BCUT2D eigenvalue weighted by Gasteiger charge is 2.46. The summed E-state index contributed by atoms with van der Waals surface area (Å²) in [5, 5.41) is 0. The first kappa shape index (κ1) is 31.1. The van der Waals surface area contributed by atoms with E-state index in [4.69, 9.17) is 0 Å². The zero-order valence-electron chi connectivity index (χ0n) is 32.8. The second-order valence-corrected chi connectivity index (χ2v) is 18.5. The fourth-order valence-electron chi connectivity index (χ4n) is 11.8. The van der Waals surface area contributed by atoms with Crippen molar-refractivity contribution >= 4 is 74.3 Å².